The van der Waals surface area contributed by atoms with Crippen molar-refractivity contribution in [1.29, 1.82) is 0 Å². The van der Waals surface area contributed by atoms with Crippen LogP contribution in [0.5, 0.6) is 0 Å². The molecule has 2 aliphatic carbocycles. The van der Waals surface area contributed by atoms with Gasteiger partial charge in [0.2, 0.25) is 0 Å². The highest BCUT2D eigenvalue weighted by Crippen LogP contribution is 2.38. The van der Waals surface area contributed by atoms with Crippen LogP contribution in [0, 0.1) is 11.8 Å². The van der Waals surface area contributed by atoms with E-state index in [9.17, 15) is 10.2 Å². The maximum Gasteiger partial charge on any atom is 0.131 e. The van der Waals surface area contributed by atoms with Crippen LogP contribution in [0.1, 0.15) is 69.3 Å². The Kier molecular flexibility index (Phi) is 6.79. The fourth-order valence-corrected chi connectivity index (χ4v) is 4.12. The Morgan fingerprint density at radius 1 is 1.20 bits per heavy atom. The van der Waals surface area contributed by atoms with Gasteiger partial charge in [-0.05, 0) is 50.6 Å². The van der Waals surface area contributed by atoms with E-state index in [1.165, 1.54) is 38.5 Å². The summed E-state index contributed by atoms with van der Waals surface area (Å²) in [7, 11) is 0. The van der Waals surface area contributed by atoms with Crippen molar-refractivity contribution in [2.75, 3.05) is 13.2 Å². The molecule has 0 aliphatic heterocycles. The molecule has 1 aromatic heterocycles. The molecule has 2 saturated carbocycles. The van der Waals surface area contributed by atoms with Gasteiger partial charge in [0, 0.05) is 36.4 Å². The summed E-state index contributed by atoms with van der Waals surface area (Å²) in [5.74, 6) is 1.69. The van der Waals surface area contributed by atoms with Gasteiger partial charge in [-0.1, -0.05) is 26.2 Å². The van der Waals surface area contributed by atoms with Crippen molar-refractivity contribution < 1.29 is 10.2 Å². The molecule has 4 unspecified atom stereocenters. The van der Waals surface area contributed by atoms with Gasteiger partial charge in [0.1, 0.15) is 5.82 Å². The minimum atomic E-state index is -0.423. The number of unbranched alkanes of at least 4 members (excludes halogenated alkanes) is 3. The highest BCUT2D eigenvalue weighted by molar-refractivity contribution is 5.12. The number of aliphatic hydroxyl groups excluding tert-OH is 2. The van der Waals surface area contributed by atoms with Gasteiger partial charge in [-0.25, -0.2) is 9.97 Å². The van der Waals surface area contributed by atoms with E-state index in [4.69, 9.17) is 4.98 Å². The minimum absolute atomic E-state index is 0.0421. The molecule has 0 bridgehead atoms. The maximum atomic E-state index is 10.4. The van der Waals surface area contributed by atoms with E-state index in [0.717, 1.165) is 30.9 Å². The summed E-state index contributed by atoms with van der Waals surface area (Å²) in [6, 6.07) is 2.25. The SMILES string of the molecule is CCCCCCNC1CC(O)C(CO)C1Cc1ccnc(C2CC2)n1. The Morgan fingerprint density at radius 3 is 2.76 bits per heavy atom. The number of hydrogen-bond acceptors (Lipinski definition) is 5. The molecular weight excluding hydrogens is 314 g/mol. The molecule has 2 fully saturated rings. The van der Waals surface area contributed by atoms with Gasteiger partial charge in [-0.15, -0.1) is 0 Å². The molecule has 1 aromatic rings. The third-order valence-electron chi connectivity index (χ3n) is 5.82. The first kappa shape index (κ1) is 18.7. The standard InChI is InChI=1S/C20H33N3O2/c1-2-3-4-5-9-21-18-12-19(25)17(13-24)16(18)11-15-8-10-22-20(23-15)14-6-7-14/h8,10,14,16-19,21,24-25H,2-7,9,11-13H2,1H3. The topological polar surface area (TPSA) is 78.3 Å². The van der Waals surface area contributed by atoms with Gasteiger partial charge < -0.3 is 15.5 Å². The molecule has 0 spiro atoms. The van der Waals surface area contributed by atoms with Crippen molar-refractivity contribution in [2.24, 2.45) is 11.8 Å². The largest absolute Gasteiger partial charge is 0.396 e. The van der Waals surface area contributed by atoms with E-state index in [-0.39, 0.29) is 24.5 Å². The molecular formula is C20H33N3O2. The molecule has 0 radical (unpaired) electrons. The van der Waals surface area contributed by atoms with Crippen LogP contribution in [-0.4, -0.2) is 45.5 Å². The molecule has 4 atom stereocenters. The lowest BCUT2D eigenvalue weighted by molar-refractivity contribution is 0.0716. The van der Waals surface area contributed by atoms with E-state index < -0.39 is 6.10 Å². The number of rotatable bonds is 10. The average Bonchev–Trinajstić information content (AvgIpc) is 3.41. The Balaban J connectivity index is 1.61. The summed E-state index contributed by atoms with van der Waals surface area (Å²) in [6.07, 6.45) is 10.3. The number of hydrogen-bond donors (Lipinski definition) is 3. The summed E-state index contributed by atoms with van der Waals surface area (Å²) in [5.41, 5.74) is 1.05. The van der Waals surface area contributed by atoms with Crippen LogP contribution in [0.4, 0.5) is 0 Å². The second kappa shape index (κ2) is 9.06. The lowest BCUT2D eigenvalue weighted by atomic mass is 9.88. The smallest absolute Gasteiger partial charge is 0.131 e. The van der Waals surface area contributed by atoms with Crippen LogP contribution in [0.2, 0.25) is 0 Å². The first-order chi connectivity index (χ1) is 12.2. The molecule has 0 amide bonds. The maximum absolute atomic E-state index is 10.4. The number of aliphatic hydroxyl groups is 2. The summed E-state index contributed by atoms with van der Waals surface area (Å²) in [4.78, 5) is 9.15. The fraction of sp³-hybridized carbons (Fsp3) is 0.800. The monoisotopic (exact) mass is 347 g/mol. The van der Waals surface area contributed by atoms with Crippen molar-refractivity contribution >= 4 is 0 Å². The van der Waals surface area contributed by atoms with Gasteiger partial charge in [0.25, 0.3) is 0 Å². The molecule has 0 saturated heterocycles. The number of nitrogens with zero attached hydrogens (tertiary/aromatic N) is 2. The van der Waals surface area contributed by atoms with Gasteiger partial charge in [0.05, 0.1) is 6.10 Å². The predicted octanol–water partition coefficient (Wildman–Crippen LogP) is 2.42. The zero-order chi connectivity index (χ0) is 17.6. The highest BCUT2D eigenvalue weighted by Gasteiger charge is 2.42. The minimum Gasteiger partial charge on any atom is -0.396 e. The quantitative estimate of drug-likeness (QED) is 0.567. The summed E-state index contributed by atoms with van der Waals surface area (Å²) in [5, 5.41) is 23.8. The highest BCUT2D eigenvalue weighted by atomic mass is 16.3. The molecule has 2 aliphatic rings. The lowest BCUT2D eigenvalue weighted by Crippen LogP contribution is -2.37. The van der Waals surface area contributed by atoms with Crippen molar-refractivity contribution in [3.05, 3.63) is 23.8 Å². The van der Waals surface area contributed by atoms with E-state index in [0.29, 0.717) is 5.92 Å². The first-order valence-electron chi connectivity index (χ1n) is 10.1. The predicted molar refractivity (Wildman–Crippen MR) is 98.3 cm³/mol. The Morgan fingerprint density at radius 2 is 2.04 bits per heavy atom. The summed E-state index contributed by atoms with van der Waals surface area (Å²) < 4.78 is 0. The second-order valence-corrected chi connectivity index (χ2v) is 7.82. The van der Waals surface area contributed by atoms with Crippen LogP contribution in [0.25, 0.3) is 0 Å². The molecule has 5 nitrogen and oxygen atoms in total. The second-order valence-electron chi connectivity index (χ2n) is 7.82. The zero-order valence-corrected chi connectivity index (χ0v) is 15.4. The first-order valence-corrected chi connectivity index (χ1v) is 10.1. The normalized spacial score (nSPS) is 29.2. The van der Waals surface area contributed by atoms with Crippen LogP contribution in [0.15, 0.2) is 12.3 Å². The summed E-state index contributed by atoms with van der Waals surface area (Å²) >= 11 is 0. The van der Waals surface area contributed by atoms with Crippen molar-refractivity contribution in [2.45, 2.75) is 76.4 Å². The van der Waals surface area contributed by atoms with Gasteiger partial charge in [-0.3, -0.25) is 0 Å². The molecule has 3 rings (SSSR count). The summed E-state index contributed by atoms with van der Waals surface area (Å²) in [6.45, 7) is 3.25. The van der Waals surface area contributed by atoms with Crippen molar-refractivity contribution in [3.63, 3.8) is 0 Å². The van der Waals surface area contributed by atoms with Crippen molar-refractivity contribution in [3.8, 4) is 0 Å². The van der Waals surface area contributed by atoms with Gasteiger partial charge in [0.15, 0.2) is 0 Å². The van der Waals surface area contributed by atoms with Crippen LogP contribution in [-0.2, 0) is 6.42 Å². The van der Waals surface area contributed by atoms with Gasteiger partial charge >= 0.3 is 0 Å². The van der Waals surface area contributed by atoms with Crippen LogP contribution < -0.4 is 5.32 Å². The van der Waals surface area contributed by atoms with Crippen LogP contribution >= 0.6 is 0 Å². The number of aromatic nitrogens is 2. The van der Waals surface area contributed by atoms with Crippen molar-refractivity contribution in [1.82, 2.24) is 15.3 Å². The Labute approximate surface area is 151 Å². The van der Waals surface area contributed by atoms with Gasteiger partial charge in [-0.2, -0.15) is 0 Å². The van der Waals surface area contributed by atoms with Crippen LogP contribution in [0.3, 0.4) is 0 Å². The Hall–Kier alpha value is -1.04. The molecule has 140 valence electrons. The molecule has 3 N–H and O–H groups in total. The lowest BCUT2D eigenvalue weighted by Gasteiger charge is -2.25. The fourth-order valence-electron chi connectivity index (χ4n) is 4.12. The average molecular weight is 348 g/mol. The molecule has 0 aromatic carbocycles. The molecule has 5 heteroatoms. The molecule has 25 heavy (non-hydrogen) atoms. The zero-order valence-electron chi connectivity index (χ0n) is 15.4. The van der Waals surface area contributed by atoms with E-state index in [2.05, 4.69) is 17.2 Å². The third kappa shape index (κ3) is 4.99. The van der Waals surface area contributed by atoms with E-state index in [1.54, 1.807) is 0 Å². The number of nitrogens with one attached hydrogen (secondary N) is 1. The van der Waals surface area contributed by atoms with E-state index in [1.807, 2.05) is 12.3 Å². The Bertz CT molecular complexity index is 535. The van der Waals surface area contributed by atoms with E-state index >= 15 is 0 Å². The third-order valence-corrected chi connectivity index (χ3v) is 5.82. The molecule has 1 heterocycles.